The normalized spacial score (nSPS) is 26.2. The highest BCUT2D eigenvalue weighted by Gasteiger charge is 2.29. The summed E-state index contributed by atoms with van der Waals surface area (Å²) in [5.41, 5.74) is 2.14. The van der Waals surface area contributed by atoms with Crippen molar-refractivity contribution in [2.75, 3.05) is 18.5 Å². The summed E-state index contributed by atoms with van der Waals surface area (Å²) in [6.45, 7) is 2.92. The van der Waals surface area contributed by atoms with Crippen molar-refractivity contribution >= 4 is 11.6 Å². The van der Waals surface area contributed by atoms with E-state index in [9.17, 15) is 4.79 Å². The van der Waals surface area contributed by atoms with Crippen LogP contribution < -0.4 is 15.0 Å². The molecule has 0 aromatic heterocycles. The molecular weight excluding hydrogens is 240 g/mol. The zero-order valence-electron chi connectivity index (χ0n) is 11.5. The van der Waals surface area contributed by atoms with E-state index < -0.39 is 6.10 Å². The van der Waals surface area contributed by atoms with Gasteiger partial charge in [-0.2, -0.15) is 0 Å². The quantitative estimate of drug-likeness (QED) is 0.880. The third-order valence-electron chi connectivity index (χ3n) is 4.01. The van der Waals surface area contributed by atoms with Crippen molar-refractivity contribution in [2.24, 2.45) is 0 Å². The number of nitrogens with zero attached hydrogens (tertiary/aromatic N) is 1. The number of carbonyl (C=O) groups excluding carboxylic acids is 1. The van der Waals surface area contributed by atoms with Crippen molar-refractivity contribution in [1.82, 2.24) is 5.32 Å². The number of amides is 1. The number of hydrogen-bond donors (Lipinski definition) is 1. The van der Waals surface area contributed by atoms with E-state index in [0.717, 1.165) is 24.4 Å². The number of likely N-dealkylation sites (N-methyl/N-ethyl adjacent to an activating group) is 1. The fourth-order valence-electron chi connectivity index (χ4n) is 2.90. The van der Waals surface area contributed by atoms with Gasteiger partial charge in [0.15, 0.2) is 6.10 Å². The van der Waals surface area contributed by atoms with Crippen molar-refractivity contribution < 1.29 is 9.53 Å². The van der Waals surface area contributed by atoms with E-state index in [0.29, 0.717) is 6.04 Å². The van der Waals surface area contributed by atoms with E-state index in [1.54, 1.807) is 18.9 Å². The molecule has 2 atom stereocenters. The molecule has 19 heavy (non-hydrogen) atoms. The molecule has 0 bridgehead atoms. The molecule has 2 aliphatic heterocycles. The minimum absolute atomic E-state index is 0.0118. The van der Waals surface area contributed by atoms with Crippen LogP contribution in [0.3, 0.4) is 0 Å². The molecule has 2 heterocycles. The second-order valence-electron chi connectivity index (χ2n) is 5.46. The van der Waals surface area contributed by atoms with E-state index in [4.69, 9.17) is 4.74 Å². The summed E-state index contributed by atoms with van der Waals surface area (Å²) in [6.07, 6.45) is 3.15. The molecule has 1 aromatic carbocycles. The zero-order chi connectivity index (χ0) is 13.4. The van der Waals surface area contributed by atoms with Gasteiger partial charge >= 0.3 is 0 Å². The number of carbonyl (C=O) groups is 1. The first kappa shape index (κ1) is 12.5. The average molecular weight is 260 g/mol. The molecule has 0 radical (unpaired) electrons. The molecule has 4 nitrogen and oxygen atoms in total. The molecular formula is C15H20N2O2. The molecule has 1 aromatic rings. The van der Waals surface area contributed by atoms with Gasteiger partial charge in [0.1, 0.15) is 5.75 Å². The summed E-state index contributed by atoms with van der Waals surface area (Å²) in [7, 11) is 1.80. The number of benzene rings is 1. The monoisotopic (exact) mass is 260 g/mol. The first-order valence-corrected chi connectivity index (χ1v) is 6.95. The summed E-state index contributed by atoms with van der Waals surface area (Å²) < 4.78 is 5.71. The van der Waals surface area contributed by atoms with Crippen LogP contribution in [0.5, 0.6) is 5.75 Å². The lowest BCUT2D eigenvalue weighted by atomic mass is 10.0. The van der Waals surface area contributed by atoms with Gasteiger partial charge in [0.05, 0.1) is 5.69 Å². The van der Waals surface area contributed by atoms with Crippen molar-refractivity contribution in [3.8, 4) is 5.75 Å². The molecule has 1 fully saturated rings. The van der Waals surface area contributed by atoms with Gasteiger partial charge in [0.25, 0.3) is 5.91 Å². The number of fused-ring (bicyclic) bond motifs is 1. The van der Waals surface area contributed by atoms with Crippen LogP contribution in [-0.4, -0.2) is 31.6 Å². The molecule has 0 saturated carbocycles. The second kappa shape index (κ2) is 4.85. The Morgan fingerprint density at radius 2 is 2.32 bits per heavy atom. The van der Waals surface area contributed by atoms with E-state index in [1.807, 2.05) is 6.07 Å². The Balaban J connectivity index is 1.83. The molecule has 1 N–H and O–H groups in total. The highest BCUT2D eigenvalue weighted by molar-refractivity contribution is 5.99. The smallest absolute Gasteiger partial charge is 0.267 e. The molecule has 1 amide bonds. The predicted octanol–water partition coefficient (Wildman–Crippen LogP) is 1.72. The SMILES string of the molecule is CC1Oc2cc(CC3CCCN3)ccc2N(C)C1=O. The minimum atomic E-state index is -0.391. The van der Waals surface area contributed by atoms with Crippen LogP contribution in [0.15, 0.2) is 18.2 Å². The zero-order valence-corrected chi connectivity index (χ0v) is 11.5. The maximum Gasteiger partial charge on any atom is 0.267 e. The van der Waals surface area contributed by atoms with Crippen LogP contribution in [0.25, 0.3) is 0 Å². The number of rotatable bonds is 2. The van der Waals surface area contributed by atoms with Crippen LogP contribution in [-0.2, 0) is 11.2 Å². The number of hydrogen-bond acceptors (Lipinski definition) is 3. The maximum absolute atomic E-state index is 11.8. The Bertz CT molecular complexity index is 495. The highest BCUT2D eigenvalue weighted by atomic mass is 16.5. The molecule has 2 unspecified atom stereocenters. The Kier molecular flexibility index (Phi) is 3.19. The highest BCUT2D eigenvalue weighted by Crippen LogP contribution is 2.34. The van der Waals surface area contributed by atoms with Gasteiger partial charge in [-0.3, -0.25) is 4.79 Å². The van der Waals surface area contributed by atoms with Gasteiger partial charge in [0.2, 0.25) is 0 Å². The molecule has 0 aliphatic carbocycles. The van der Waals surface area contributed by atoms with Crippen molar-refractivity contribution in [1.29, 1.82) is 0 Å². The Hall–Kier alpha value is -1.55. The summed E-state index contributed by atoms with van der Waals surface area (Å²) in [4.78, 5) is 13.5. The number of anilines is 1. The predicted molar refractivity (Wildman–Crippen MR) is 74.7 cm³/mol. The first-order chi connectivity index (χ1) is 9.15. The molecule has 2 aliphatic rings. The second-order valence-corrected chi connectivity index (χ2v) is 5.46. The van der Waals surface area contributed by atoms with Gasteiger partial charge in [-0.15, -0.1) is 0 Å². The number of nitrogens with one attached hydrogen (secondary N) is 1. The molecule has 102 valence electrons. The number of ether oxygens (including phenoxy) is 1. The lowest BCUT2D eigenvalue weighted by Crippen LogP contribution is -2.42. The van der Waals surface area contributed by atoms with E-state index in [1.165, 1.54) is 18.4 Å². The summed E-state index contributed by atoms with van der Waals surface area (Å²) >= 11 is 0. The lowest BCUT2D eigenvalue weighted by molar-refractivity contribution is -0.125. The largest absolute Gasteiger partial charge is 0.479 e. The van der Waals surface area contributed by atoms with Crippen molar-refractivity contribution in [3.05, 3.63) is 23.8 Å². The maximum atomic E-state index is 11.8. The minimum Gasteiger partial charge on any atom is -0.479 e. The Morgan fingerprint density at radius 1 is 1.47 bits per heavy atom. The van der Waals surface area contributed by atoms with Gasteiger partial charge in [0, 0.05) is 13.1 Å². The fourth-order valence-corrected chi connectivity index (χ4v) is 2.90. The van der Waals surface area contributed by atoms with E-state index in [2.05, 4.69) is 17.4 Å². The van der Waals surface area contributed by atoms with Crippen molar-refractivity contribution in [2.45, 2.75) is 38.3 Å². The third-order valence-corrected chi connectivity index (χ3v) is 4.01. The first-order valence-electron chi connectivity index (χ1n) is 6.95. The molecule has 1 saturated heterocycles. The van der Waals surface area contributed by atoms with Gasteiger partial charge in [-0.05, 0) is 50.4 Å². The molecule has 3 rings (SSSR count). The topological polar surface area (TPSA) is 41.6 Å². The Labute approximate surface area is 113 Å². The van der Waals surface area contributed by atoms with E-state index in [-0.39, 0.29) is 5.91 Å². The van der Waals surface area contributed by atoms with Crippen LogP contribution in [0.2, 0.25) is 0 Å². The van der Waals surface area contributed by atoms with E-state index >= 15 is 0 Å². The van der Waals surface area contributed by atoms with Crippen LogP contribution in [0.1, 0.15) is 25.3 Å². The van der Waals surface area contributed by atoms with Gasteiger partial charge in [-0.1, -0.05) is 6.07 Å². The third kappa shape index (κ3) is 2.32. The van der Waals surface area contributed by atoms with Crippen LogP contribution in [0, 0.1) is 0 Å². The van der Waals surface area contributed by atoms with Crippen LogP contribution >= 0.6 is 0 Å². The summed E-state index contributed by atoms with van der Waals surface area (Å²) in [5, 5.41) is 3.50. The average Bonchev–Trinajstić information content (AvgIpc) is 2.89. The standard InChI is InChI=1S/C15H20N2O2/c1-10-15(18)17(2)13-6-5-11(9-14(13)19-10)8-12-4-3-7-16-12/h5-6,9-10,12,16H,3-4,7-8H2,1-2H3. The summed E-state index contributed by atoms with van der Waals surface area (Å²) in [6, 6.07) is 6.75. The van der Waals surface area contributed by atoms with Gasteiger partial charge < -0.3 is 15.0 Å². The molecule has 0 spiro atoms. The summed E-state index contributed by atoms with van der Waals surface area (Å²) in [5.74, 6) is 0.836. The van der Waals surface area contributed by atoms with Crippen LogP contribution in [0.4, 0.5) is 5.69 Å². The fraction of sp³-hybridized carbons (Fsp3) is 0.533. The molecule has 4 heteroatoms. The Morgan fingerprint density at radius 3 is 3.05 bits per heavy atom. The lowest BCUT2D eigenvalue weighted by Gasteiger charge is -2.30. The van der Waals surface area contributed by atoms with Gasteiger partial charge in [-0.25, -0.2) is 0 Å². The van der Waals surface area contributed by atoms with Crippen molar-refractivity contribution in [3.63, 3.8) is 0 Å².